The minimum absolute atomic E-state index is 0.917. The molecule has 7 aromatic carbocycles. The zero-order valence-corrected chi connectivity index (χ0v) is 26.6. The molecule has 10 aromatic rings. The fourth-order valence-corrected chi connectivity index (χ4v) is 7.24. The highest BCUT2D eigenvalue weighted by Crippen LogP contribution is 2.37. The molecule has 0 N–H and O–H groups in total. The van der Waals surface area contributed by atoms with Crippen molar-refractivity contribution in [2.75, 3.05) is 0 Å². The number of nitrogens with zero attached hydrogens (tertiary/aromatic N) is 3. The largest absolute Gasteiger partial charge is 0.298 e. The van der Waals surface area contributed by atoms with Crippen molar-refractivity contribution < 1.29 is 0 Å². The second kappa shape index (κ2) is 11.0. The lowest BCUT2D eigenvalue weighted by atomic mass is 9.91. The van der Waals surface area contributed by atoms with Crippen molar-refractivity contribution in [2.24, 2.45) is 0 Å². The van der Waals surface area contributed by atoms with Gasteiger partial charge in [-0.2, -0.15) is 0 Å². The van der Waals surface area contributed by atoms with Gasteiger partial charge in [-0.25, -0.2) is 9.97 Å². The normalized spacial score (nSPS) is 11.7. The van der Waals surface area contributed by atoms with Gasteiger partial charge in [-0.3, -0.25) is 4.40 Å². The maximum atomic E-state index is 5.19. The third-order valence-corrected chi connectivity index (χ3v) is 9.74. The van der Waals surface area contributed by atoms with Gasteiger partial charge in [0.25, 0.3) is 0 Å². The van der Waals surface area contributed by atoms with Gasteiger partial charge in [-0.05, 0) is 103 Å². The Balaban J connectivity index is 1.14. The Morgan fingerprint density at radius 2 is 0.898 bits per heavy atom. The SMILES string of the molecule is c1ccc2cc(-c3cc(-c4ccc(-c5nc6ccccc6c6nc7ccccn7c56)cc4)cc(-c4ccc5ccccc5c4)c3)ccc2c1. The topological polar surface area (TPSA) is 30.2 Å². The molecule has 10 rings (SSSR count). The molecule has 0 bridgehead atoms. The number of pyridine rings is 2. The van der Waals surface area contributed by atoms with E-state index < -0.39 is 0 Å². The van der Waals surface area contributed by atoms with E-state index in [1.165, 1.54) is 49.4 Å². The minimum atomic E-state index is 0.917. The van der Waals surface area contributed by atoms with Crippen molar-refractivity contribution in [1.82, 2.24) is 14.4 Å². The Morgan fingerprint density at radius 1 is 0.367 bits per heavy atom. The van der Waals surface area contributed by atoms with Crippen molar-refractivity contribution in [3.8, 4) is 44.6 Å². The first kappa shape index (κ1) is 27.5. The minimum Gasteiger partial charge on any atom is -0.298 e. The second-order valence-corrected chi connectivity index (χ2v) is 12.7. The summed E-state index contributed by atoms with van der Waals surface area (Å²) in [6, 6.07) is 60.9. The van der Waals surface area contributed by atoms with Crippen LogP contribution < -0.4 is 0 Å². The zero-order chi connectivity index (χ0) is 32.3. The van der Waals surface area contributed by atoms with E-state index in [0.717, 1.165) is 44.4 Å². The molecule has 0 radical (unpaired) electrons. The van der Waals surface area contributed by atoms with E-state index in [1.54, 1.807) is 0 Å². The third kappa shape index (κ3) is 4.67. The number of benzene rings is 7. The second-order valence-electron chi connectivity index (χ2n) is 12.7. The number of rotatable bonds is 4. The molecule has 0 aliphatic rings. The average Bonchev–Trinajstić information content (AvgIpc) is 3.57. The van der Waals surface area contributed by atoms with Crippen LogP contribution in [0, 0.1) is 0 Å². The lowest BCUT2D eigenvalue weighted by Gasteiger charge is -2.13. The summed E-state index contributed by atoms with van der Waals surface area (Å²) < 4.78 is 2.15. The smallest absolute Gasteiger partial charge is 0.137 e. The van der Waals surface area contributed by atoms with E-state index in [-0.39, 0.29) is 0 Å². The van der Waals surface area contributed by atoms with E-state index in [2.05, 4.69) is 162 Å². The first-order valence-corrected chi connectivity index (χ1v) is 16.7. The van der Waals surface area contributed by atoms with E-state index in [4.69, 9.17) is 9.97 Å². The quantitative estimate of drug-likeness (QED) is 0.195. The van der Waals surface area contributed by atoms with Crippen LogP contribution in [-0.2, 0) is 0 Å². The van der Waals surface area contributed by atoms with Crippen molar-refractivity contribution in [3.63, 3.8) is 0 Å². The summed E-state index contributed by atoms with van der Waals surface area (Å²) in [4.78, 5) is 10.2. The Labute approximate surface area is 283 Å². The molecule has 3 aromatic heterocycles. The van der Waals surface area contributed by atoms with Crippen LogP contribution in [0.3, 0.4) is 0 Å². The van der Waals surface area contributed by atoms with Crippen LogP contribution in [-0.4, -0.2) is 14.4 Å². The molecule has 0 saturated heterocycles. The van der Waals surface area contributed by atoms with Crippen LogP contribution in [0.15, 0.2) is 176 Å². The number of fused-ring (bicyclic) bond motifs is 7. The summed E-state index contributed by atoms with van der Waals surface area (Å²) in [5.74, 6) is 0. The highest BCUT2D eigenvalue weighted by molar-refractivity contribution is 6.09. The van der Waals surface area contributed by atoms with Crippen molar-refractivity contribution in [2.45, 2.75) is 0 Å². The van der Waals surface area contributed by atoms with E-state index in [1.807, 2.05) is 18.2 Å². The molecule has 0 unspecified atom stereocenters. The predicted molar refractivity (Wildman–Crippen MR) is 205 cm³/mol. The summed E-state index contributed by atoms with van der Waals surface area (Å²) in [5, 5.41) is 6.03. The number of hydrogen-bond acceptors (Lipinski definition) is 2. The lowest BCUT2D eigenvalue weighted by molar-refractivity contribution is 1.22. The average molecular weight is 624 g/mol. The number of aromatic nitrogens is 3. The predicted octanol–water partition coefficient (Wildman–Crippen LogP) is 12.0. The Hall–Kier alpha value is -6.58. The molecule has 228 valence electrons. The molecule has 0 saturated carbocycles. The van der Waals surface area contributed by atoms with Gasteiger partial charge in [-0.1, -0.05) is 121 Å². The first-order chi connectivity index (χ1) is 24.2. The maximum absolute atomic E-state index is 5.19. The molecule has 49 heavy (non-hydrogen) atoms. The van der Waals surface area contributed by atoms with Gasteiger partial charge in [0.2, 0.25) is 0 Å². The van der Waals surface area contributed by atoms with Crippen molar-refractivity contribution in [1.29, 1.82) is 0 Å². The fraction of sp³-hybridized carbons (Fsp3) is 0. The van der Waals surface area contributed by atoms with Crippen LogP contribution in [0.4, 0.5) is 0 Å². The molecule has 0 aliphatic heterocycles. The Kier molecular flexibility index (Phi) is 6.18. The molecule has 0 fully saturated rings. The summed E-state index contributed by atoms with van der Waals surface area (Å²) in [6.07, 6.45) is 2.07. The highest BCUT2D eigenvalue weighted by atomic mass is 15.0. The standard InChI is InChI=1S/C46H29N3/c1-3-11-34-25-36(22-18-30(34)9-1)39-27-38(28-40(29-39)37-23-19-31-10-2-4-12-35(31)26-37)32-16-20-33(21-17-32)44-46-45(41-13-5-6-14-42(41)47-44)48-43-15-7-8-24-49(43)46/h1-29H. The molecule has 0 spiro atoms. The van der Waals surface area contributed by atoms with Crippen LogP contribution in [0.2, 0.25) is 0 Å². The first-order valence-electron chi connectivity index (χ1n) is 16.7. The summed E-state index contributed by atoms with van der Waals surface area (Å²) >= 11 is 0. The van der Waals surface area contributed by atoms with Gasteiger partial charge in [0.1, 0.15) is 11.2 Å². The Bertz CT molecular complexity index is 2780. The molecule has 0 atom stereocenters. The molecule has 3 nitrogen and oxygen atoms in total. The molecule has 0 amide bonds. The fourth-order valence-electron chi connectivity index (χ4n) is 7.24. The van der Waals surface area contributed by atoms with Gasteiger partial charge in [0.15, 0.2) is 0 Å². The van der Waals surface area contributed by atoms with Crippen LogP contribution in [0.25, 0.3) is 93.8 Å². The lowest BCUT2D eigenvalue weighted by Crippen LogP contribution is -1.92. The van der Waals surface area contributed by atoms with E-state index in [9.17, 15) is 0 Å². The van der Waals surface area contributed by atoms with Gasteiger partial charge in [0, 0.05) is 17.1 Å². The maximum Gasteiger partial charge on any atom is 0.137 e. The zero-order valence-electron chi connectivity index (χ0n) is 26.6. The van der Waals surface area contributed by atoms with E-state index in [0.29, 0.717) is 0 Å². The molecular formula is C46H29N3. The van der Waals surface area contributed by atoms with Crippen LogP contribution in [0.1, 0.15) is 0 Å². The van der Waals surface area contributed by atoms with Gasteiger partial charge in [-0.15, -0.1) is 0 Å². The molecular weight excluding hydrogens is 595 g/mol. The van der Waals surface area contributed by atoms with Crippen LogP contribution in [0.5, 0.6) is 0 Å². The summed E-state index contributed by atoms with van der Waals surface area (Å²) in [5.41, 5.74) is 13.0. The van der Waals surface area contributed by atoms with E-state index >= 15 is 0 Å². The summed E-state index contributed by atoms with van der Waals surface area (Å²) in [6.45, 7) is 0. The molecule has 3 heteroatoms. The van der Waals surface area contributed by atoms with Crippen molar-refractivity contribution in [3.05, 3.63) is 176 Å². The summed E-state index contributed by atoms with van der Waals surface area (Å²) in [7, 11) is 0. The number of hydrogen-bond donors (Lipinski definition) is 0. The van der Waals surface area contributed by atoms with Crippen molar-refractivity contribution >= 4 is 49.1 Å². The monoisotopic (exact) mass is 623 g/mol. The Morgan fingerprint density at radius 3 is 1.57 bits per heavy atom. The molecule has 0 aliphatic carbocycles. The molecule has 3 heterocycles. The van der Waals surface area contributed by atoms with Gasteiger partial charge in [0.05, 0.1) is 16.7 Å². The van der Waals surface area contributed by atoms with Gasteiger partial charge >= 0.3 is 0 Å². The highest BCUT2D eigenvalue weighted by Gasteiger charge is 2.17. The number of para-hydroxylation sites is 1. The number of imidazole rings is 1. The third-order valence-electron chi connectivity index (χ3n) is 9.74. The van der Waals surface area contributed by atoms with Crippen LogP contribution >= 0.6 is 0 Å². The van der Waals surface area contributed by atoms with Gasteiger partial charge < -0.3 is 0 Å².